The van der Waals surface area contributed by atoms with Crippen LogP contribution in [0.25, 0.3) is 0 Å². The van der Waals surface area contributed by atoms with Crippen molar-refractivity contribution in [2.24, 2.45) is 11.8 Å². The number of carbonyl (C=O) groups excluding carboxylic acids is 2. The highest BCUT2D eigenvalue weighted by atomic mass is 19.3. The third kappa shape index (κ3) is 9.79. The van der Waals surface area contributed by atoms with Gasteiger partial charge in [0.2, 0.25) is 0 Å². The Labute approximate surface area is 268 Å². The van der Waals surface area contributed by atoms with Crippen molar-refractivity contribution in [2.45, 2.75) is 65.0 Å². The molecule has 4 atom stereocenters. The lowest BCUT2D eigenvalue weighted by molar-refractivity contribution is -0.148. The molecule has 2 amide bonds. The second-order valence-corrected chi connectivity index (χ2v) is 10.4. The van der Waals surface area contributed by atoms with Crippen molar-refractivity contribution >= 4 is 12.0 Å². The van der Waals surface area contributed by atoms with Crippen LogP contribution in [-0.2, 0) is 21.5 Å². The summed E-state index contributed by atoms with van der Waals surface area (Å²) in [4.78, 5) is 30.9. The van der Waals surface area contributed by atoms with Crippen molar-refractivity contribution in [2.75, 3.05) is 13.8 Å². The Morgan fingerprint density at radius 3 is 2.35 bits per heavy atom. The zero-order valence-electron chi connectivity index (χ0n) is 26.8. The summed E-state index contributed by atoms with van der Waals surface area (Å²) in [6.45, 7) is 7.56. The van der Waals surface area contributed by atoms with Crippen LogP contribution in [0.4, 0.5) is 22.4 Å². The fourth-order valence-corrected chi connectivity index (χ4v) is 5.41. The Balaban J connectivity index is 0.00000177. The average molecular weight is 646 g/mol. The molecule has 1 aliphatic rings. The van der Waals surface area contributed by atoms with E-state index < -0.39 is 47.3 Å². The first-order valence-corrected chi connectivity index (χ1v) is 15.2. The summed E-state index contributed by atoms with van der Waals surface area (Å²) in [6.07, 6.45) is 3.62. The van der Waals surface area contributed by atoms with Gasteiger partial charge in [-0.05, 0) is 74.1 Å². The van der Waals surface area contributed by atoms with Crippen molar-refractivity contribution in [1.29, 1.82) is 0 Å². The lowest BCUT2D eigenvalue weighted by Gasteiger charge is -2.37. The molecule has 0 radical (unpaired) electrons. The van der Waals surface area contributed by atoms with Gasteiger partial charge in [-0.2, -0.15) is 0 Å². The molecule has 0 bridgehead atoms. The van der Waals surface area contributed by atoms with E-state index in [1.807, 2.05) is 26.0 Å². The number of hydrogen-bond acceptors (Lipinski definition) is 5. The number of aromatic hydroxyl groups is 1. The second-order valence-electron chi connectivity index (χ2n) is 10.4. The number of esters is 1. The molecule has 0 saturated carbocycles. The molecule has 3 N–H and O–H groups in total. The number of carbonyl (C=O) groups is 2. The predicted octanol–water partition coefficient (Wildman–Crippen LogP) is 7.80. The topological polar surface area (TPSA) is 101 Å². The molecular formula is C35H43F4N3O4. The number of hydrogen-bond donors (Lipinski definition) is 3. The lowest BCUT2D eigenvalue weighted by Crippen LogP contribution is -2.57. The molecule has 0 unspecified atom stereocenters. The molecule has 250 valence electrons. The molecule has 0 aliphatic heterocycles. The number of pyridine rings is 1. The van der Waals surface area contributed by atoms with Crippen LogP contribution in [0.3, 0.4) is 0 Å². The number of benzene rings is 2. The fraction of sp³-hybridized carbons (Fsp3) is 0.400. The molecule has 3 aromatic rings. The maximum absolute atomic E-state index is 14.9. The third-order valence-electron chi connectivity index (χ3n) is 7.50. The molecule has 0 spiro atoms. The molecule has 1 aliphatic carbocycles. The van der Waals surface area contributed by atoms with Gasteiger partial charge >= 0.3 is 12.0 Å². The molecule has 4 rings (SSSR count). The average Bonchev–Trinajstić information content (AvgIpc) is 3.60. The summed E-state index contributed by atoms with van der Waals surface area (Å²) in [5, 5.41) is 15.8. The van der Waals surface area contributed by atoms with E-state index in [0.717, 1.165) is 30.8 Å². The van der Waals surface area contributed by atoms with Crippen LogP contribution in [0.2, 0.25) is 0 Å². The van der Waals surface area contributed by atoms with Crippen LogP contribution in [-0.4, -0.2) is 41.9 Å². The van der Waals surface area contributed by atoms with Crippen LogP contribution in [0, 0.1) is 17.7 Å². The van der Waals surface area contributed by atoms with Gasteiger partial charge < -0.3 is 20.5 Å². The highest BCUT2D eigenvalue weighted by molar-refractivity contribution is 5.79. The summed E-state index contributed by atoms with van der Waals surface area (Å²) in [5.74, 6) is -2.37. The standard InChI is InChI=1S/C32H34F3N3O4.C2H6.CH3F/c1-3-42-30(40)20(2)28(22-11-7-8-12-22)37-31(41)38-32(18-21-9-5-4-6-10-21,27-14-13-26(39)19-36-27)24-15-23(29(34)35)16-25(33)17-24;2*1-2/h4-7,9-11,13-17,19-20,22,28-29,39H,3,8,12,18H2,1-2H3,(H2,37,38,41);1-2H3;1H3/t20-,22-,28-,32-;;/m0../s1. The Kier molecular flexibility index (Phi) is 15.2. The fourth-order valence-electron chi connectivity index (χ4n) is 5.41. The van der Waals surface area contributed by atoms with Crippen LogP contribution in [0.15, 0.2) is 79.0 Å². The van der Waals surface area contributed by atoms with E-state index >= 15 is 0 Å². The number of amides is 2. The molecule has 46 heavy (non-hydrogen) atoms. The van der Waals surface area contributed by atoms with E-state index in [1.54, 1.807) is 44.2 Å². The van der Waals surface area contributed by atoms with Crippen LogP contribution >= 0.6 is 0 Å². The Bertz CT molecular complexity index is 1410. The number of allylic oxidation sites excluding steroid dienone is 1. The van der Waals surface area contributed by atoms with Crippen LogP contribution in [0.1, 0.15) is 69.3 Å². The summed E-state index contributed by atoms with van der Waals surface area (Å²) >= 11 is 0. The van der Waals surface area contributed by atoms with Crippen LogP contribution in [0.5, 0.6) is 5.75 Å². The van der Waals surface area contributed by atoms with E-state index in [4.69, 9.17) is 4.74 Å². The van der Waals surface area contributed by atoms with E-state index in [1.165, 1.54) is 12.1 Å². The first kappa shape index (κ1) is 37.8. The third-order valence-corrected chi connectivity index (χ3v) is 7.50. The quantitative estimate of drug-likeness (QED) is 0.112. The zero-order chi connectivity index (χ0) is 34.3. The summed E-state index contributed by atoms with van der Waals surface area (Å²) in [7, 11) is 0.500. The molecule has 0 fully saturated rings. The minimum absolute atomic E-state index is 0.00654. The number of rotatable bonds is 11. The number of ether oxygens (including phenoxy) is 1. The number of aromatic nitrogens is 1. The molecule has 1 aromatic heterocycles. The Morgan fingerprint density at radius 1 is 1.09 bits per heavy atom. The first-order chi connectivity index (χ1) is 22.1. The molecule has 11 heteroatoms. The van der Waals surface area contributed by atoms with Gasteiger partial charge in [-0.3, -0.25) is 14.2 Å². The first-order valence-electron chi connectivity index (χ1n) is 15.2. The van der Waals surface area contributed by atoms with Gasteiger partial charge in [0.1, 0.15) is 17.1 Å². The highest BCUT2D eigenvalue weighted by Crippen LogP contribution is 2.36. The number of urea groups is 1. The van der Waals surface area contributed by atoms with Crippen molar-refractivity contribution in [1.82, 2.24) is 15.6 Å². The molecule has 7 nitrogen and oxygen atoms in total. The van der Waals surface area contributed by atoms with Crippen molar-refractivity contribution in [3.63, 3.8) is 0 Å². The maximum atomic E-state index is 14.9. The number of alkyl halides is 3. The van der Waals surface area contributed by atoms with Gasteiger partial charge in [0.25, 0.3) is 6.43 Å². The van der Waals surface area contributed by atoms with Gasteiger partial charge in [-0.1, -0.05) is 56.3 Å². The van der Waals surface area contributed by atoms with Crippen molar-refractivity contribution in [3.05, 3.63) is 107 Å². The zero-order valence-corrected chi connectivity index (χ0v) is 26.8. The molecule has 2 aromatic carbocycles. The van der Waals surface area contributed by atoms with Gasteiger partial charge in [-0.15, -0.1) is 0 Å². The minimum atomic E-state index is -2.97. The number of halogens is 4. The minimum Gasteiger partial charge on any atom is -0.506 e. The SMILES string of the molecule is CC.CCOC(=O)[C@@H](C)[C@H](NC(=O)N[C@@](Cc1ccccc1)(c1cc(F)cc(C(F)F)c1)c1ccc(O)cn1)[C@H]1C=CCC1.CF. The number of nitrogens with zero attached hydrogens (tertiary/aromatic N) is 1. The smallest absolute Gasteiger partial charge is 0.316 e. The molecule has 1 heterocycles. The van der Waals surface area contributed by atoms with E-state index in [0.29, 0.717) is 19.2 Å². The summed E-state index contributed by atoms with van der Waals surface area (Å²) in [6, 6.07) is 13.4. The van der Waals surface area contributed by atoms with E-state index in [2.05, 4.69) is 15.6 Å². The summed E-state index contributed by atoms with van der Waals surface area (Å²) in [5.41, 5.74) is -1.31. The molecular weight excluding hydrogens is 602 g/mol. The van der Waals surface area contributed by atoms with Gasteiger partial charge in [0, 0.05) is 18.0 Å². The van der Waals surface area contributed by atoms with Gasteiger partial charge in [0.15, 0.2) is 0 Å². The van der Waals surface area contributed by atoms with E-state index in [-0.39, 0.29) is 36.0 Å². The van der Waals surface area contributed by atoms with Crippen molar-refractivity contribution < 1.29 is 37.0 Å². The predicted molar refractivity (Wildman–Crippen MR) is 170 cm³/mol. The van der Waals surface area contributed by atoms with Crippen LogP contribution < -0.4 is 10.6 Å². The van der Waals surface area contributed by atoms with Gasteiger partial charge in [-0.25, -0.2) is 18.0 Å². The number of nitrogens with one attached hydrogen (secondary N) is 2. The van der Waals surface area contributed by atoms with Crippen molar-refractivity contribution in [3.8, 4) is 5.75 Å². The largest absolute Gasteiger partial charge is 0.506 e. The second kappa shape index (κ2) is 18.5. The highest BCUT2D eigenvalue weighted by Gasteiger charge is 2.41. The lowest BCUT2D eigenvalue weighted by atomic mass is 9.79. The Hall–Kier alpha value is -4.41. The maximum Gasteiger partial charge on any atom is 0.316 e. The van der Waals surface area contributed by atoms with Gasteiger partial charge in [0.05, 0.1) is 31.6 Å². The van der Waals surface area contributed by atoms with E-state index in [9.17, 15) is 32.3 Å². The normalized spacial score (nSPS) is 16.1. The Morgan fingerprint density at radius 2 is 1.78 bits per heavy atom. The molecule has 0 saturated heterocycles. The monoisotopic (exact) mass is 645 g/mol. The summed E-state index contributed by atoms with van der Waals surface area (Å²) < 4.78 is 57.3.